The zero-order valence-electron chi connectivity index (χ0n) is 12.5. The van der Waals surface area contributed by atoms with Crippen molar-refractivity contribution in [3.8, 4) is 0 Å². The smallest absolute Gasteiger partial charge is 0.256 e. The zero-order chi connectivity index (χ0) is 16.2. The predicted molar refractivity (Wildman–Crippen MR) is 82.2 cm³/mol. The average molecular weight is 322 g/mol. The molecule has 0 bridgehead atoms. The Balaban J connectivity index is 1.89. The molecule has 1 heterocycles. The Morgan fingerprint density at radius 3 is 2.50 bits per heavy atom. The maximum atomic E-state index is 12.0. The van der Waals surface area contributed by atoms with Crippen molar-refractivity contribution in [1.82, 2.24) is 10.5 Å². The van der Waals surface area contributed by atoms with Gasteiger partial charge in [0.25, 0.3) is 5.91 Å². The number of carbonyl (C=O) groups is 1. The van der Waals surface area contributed by atoms with E-state index in [2.05, 4.69) is 10.5 Å². The van der Waals surface area contributed by atoms with Gasteiger partial charge in [0.1, 0.15) is 11.3 Å². The van der Waals surface area contributed by atoms with E-state index >= 15 is 0 Å². The molecule has 0 atom stereocenters. The summed E-state index contributed by atoms with van der Waals surface area (Å²) >= 11 is 0. The molecule has 1 aromatic heterocycles. The van der Waals surface area contributed by atoms with Gasteiger partial charge >= 0.3 is 0 Å². The molecule has 6 nitrogen and oxygen atoms in total. The highest BCUT2D eigenvalue weighted by molar-refractivity contribution is 7.90. The third-order valence-corrected chi connectivity index (χ3v) is 4.79. The van der Waals surface area contributed by atoms with Crippen LogP contribution in [-0.2, 0) is 15.6 Å². The van der Waals surface area contributed by atoms with E-state index in [1.807, 2.05) is 6.07 Å². The molecular formula is C15H18N2O4S. The van der Waals surface area contributed by atoms with Gasteiger partial charge in [-0.05, 0) is 19.4 Å². The molecule has 1 N–H and O–H groups in total. The third kappa shape index (κ3) is 4.17. The van der Waals surface area contributed by atoms with Gasteiger partial charge in [-0.2, -0.15) is 0 Å². The molecule has 0 saturated heterocycles. The highest BCUT2D eigenvalue weighted by Crippen LogP contribution is 2.11. The lowest BCUT2D eigenvalue weighted by Gasteiger charge is -2.06. The molecule has 0 aliphatic rings. The Labute approximate surface area is 129 Å². The van der Waals surface area contributed by atoms with Crippen molar-refractivity contribution in [3.05, 3.63) is 52.9 Å². The van der Waals surface area contributed by atoms with Crippen LogP contribution in [0, 0.1) is 13.8 Å². The minimum atomic E-state index is -3.27. The van der Waals surface area contributed by atoms with Crippen LogP contribution in [0.5, 0.6) is 0 Å². The molecule has 0 radical (unpaired) electrons. The van der Waals surface area contributed by atoms with Crippen LogP contribution in [0.25, 0.3) is 0 Å². The lowest BCUT2D eigenvalue weighted by molar-refractivity contribution is 0.0954. The third-order valence-electron chi connectivity index (χ3n) is 3.19. The summed E-state index contributed by atoms with van der Waals surface area (Å²) in [5.74, 6) is -0.0974. The number of hydrogen-bond donors (Lipinski definition) is 1. The van der Waals surface area contributed by atoms with Crippen LogP contribution in [0.4, 0.5) is 0 Å². The number of nitrogens with zero attached hydrogens (tertiary/aromatic N) is 1. The van der Waals surface area contributed by atoms with Crippen molar-refractivity contribution in [2.45, 2.75) is 19.6 Å². The summed E-state index contributed by atoms with van der Waals surface area (Å²) in [5, 5.41) is 6.29. The molecule has 0 aliphatic carbocycles. The number of nitrogens with one attached hydrogen (secondary N) is 1. The van der Waals surface area contributed by atoms with E-state index in [0.717, 1.165) is 5.56 Å². The molecule has 0 spiro atoms. The number of rotatable bonds is 6. The Morgan fingerprint density at radius 1 is 1.23 bits per heavy atom. The van der Waals surface area contributed by atoms with Crippen molar-refractivity contribution in [2.75, 3.05) is 12.3 Å². The minimum absolute atomic E-state index is 0.0327. The molecule has 7 heteroatoms. The normalized spacial score (nSPS) is 11.4. The second-order valence-corrected chi connectivity index (χ2v) is 7.22. The monoisotopic (exact) mass is 322 g/mol. The molecule has 1 amide bonds. The van der Waals surface area contributed by atoms with Gasteiger partial charge < -0.3 is 9.84 Å². The summed E-state index contributed by atoms with van der Waals surface area (Å²) in [6.45, 7) is 3.36. The average Bonchev–Trinajstić information content (AvgIpc) is 2.78. The number of aryl methyl sites for hydroxylation is 2. The summed E-state index contributed by atoms with van der Waals surface area (Å²) in [6, 6.07) is 8.95. The molecule has 2 rings (SSSR count). The van der Waals surface area contributed by atoms with E-state index in [0.29, 0.717) is 17.0 Å². The van der Waals surface area contributed by atoms with Crippen LogP contribution in [0.15, 0.2) is 34.9 Å². The number of amides is 1. The van der Waals surface area contributed by atoms with Gasteiger partial charge in [0.2, 0.25) is 0 Å². The SMILES string of the molecule is Cc1noc(C)c1C(=O)NCCS(=O)(=O)Cc1ccccc1. The Kier molecular flexibility index (Phi) is 4.97. The molecular weight excluding hydrogens is 304 g/mol. The highest BCUT2D eigenvalue weighted by atomic mass is 32.2. The molecule has 0 unspecified atom stereocenters. The van der Waals surface area contributed by atoms with Gasteiger partial charge in [-0.15, -0.1) is 0 Å². The maximum absolute atomic E-state index is 12.0. The quantitative estimate of drug-likeness (QED) is 0.873. The van der Waals surface area contributed by atoms with Crippen LogP contribution in [0.3, 0.4) is 0 Å². The van der Waals surface area contributed by atoms with Gasteiger partial charge in [-0.1, -0.05) is 35.5 Å². The first-order valence-electron chi connectivity index (χ1n) is 6.84. The van der Waals surface area contributed by atoms with Crippen LogP contribution >= 0.6 is 0 Å². The van der Waals surface area contributed by atoms with E-state index in [-0.39, 0.29) is 24.0 Å². The maximum Gasteiger partial charge on any atom is 0.256 e. The number of sulfone groups is 1. The van der Waals surface area contributed by atoms with E-state index in [1.54, 1.807) is 38.1 Å². The first-order chi connectivity index (χ1) is 10.4. The van der Waals surface area contributed by atoms with Crippen LogP contribution < -0.4 is 5.32 Å². The van der Waals surface area contributed by atoms with Crippen LogP contribution in [0.1, 0.15) is 27.4 Å². The Bertz CT molecular complexity index is 732. The summed E-state index contributed by atoms with van der Waals surface area (Å²) < 4.78 is 29.0. The van der Waals surface area contributed by atoms with Crippen LogP contribution in [0.2, 0.25) is 0 Å². The van der Waals surface area contributed by atoms with Gasteiger partial charge in [-0.25, -0.2) is 8.42 Å². The number of carbonyl (C=O) groups excluding carboxylic acids is 1. The Hall–Kier alpha value is -2.15. The summed E-state index contributed by atoms with van der Waals surface area (Å²) in [4.78, 5) is 12.0. The standard InChI is InChI=1S/C15H18N2O4S/c1-11-14(12(2)21-17-11)15(18)16-8-9-22(19,20)10-13-6-4-3-5-7-13/h3-7H,8-10H2,1-2H3,(H,16,18). The zero-order valence-corrected chi connectivity index (χ0v) is 13.3. The topological polar surface area (TPSA) is 89.3 Å². The lowest BCUT2D eigenvalue weighted by Crippen LogP contribution is -2.30. The summed E-state index contributed by atoms with van der Waals surface area (Å²) in [7, 11) is -3.27. The first kappa shape index (κ1) is 16.2. The molecule has 1 aromatic carbocycles. The van der Waals surface area contributed by atoms with Gasteiger partial charge in [0, 0.05) is 6.54 Å². The number of aromatic nitrogens is 1. The minimum Gasteiger partial charge on any atom is -0.361 e. The highest BCUT2D eigenvalue weighted by Gasteiger charge is 2.18. The van der Waals surface area contributed by atoms with Gasteiger partial charge in [-0.3, -0.25) is 4.79 Å². The molecule has 118 valence electrons. The van der Waals surface area contributed by atoms with Crippen molar-refractivity contribution >= 4 is 15.7 Å². The summed E-state index contributed by atoms with van der Waals surface area (Å²) in [5.41, 5.74) is 1.59. The fraction of sp³-hybridized carbons (Fsp3) is 0.333. The Morgan fingerprint density at radius 2 is 1.91 bits per heavy atom. The van der Waals surface area contributed by atoms with E-state index in [4.69, 9.17) is 4.52 Å². The molecule has 2 aromatic rings. The predicted octanol–water partition coefficient (Wildman–Crippen LogP) is 1.64. The van der Waals surface area contributed by atoms with Crippen molar-refractivity contribution in [3.63, 3.8) is 0 Å². The number of benzene rings is 1. The van der Waals surface area contributed by atoms with Gasteiger partial charge in [0.05, 0.1) is 17.2 Å². The largest absolute Gasteiger partial charge is 0.361 e. The molecule has 0 fully saturated rings. The first-order valence-corrected chi connectivity index (χ1v) is 8.66. The van der Waals surface area contributed by atoms with E-state index < -0.39 is 9.84 Å². The second kappa shape index (κ2) is 6.74. The summed E-state index contributed by atoms with van der Waals surface area (Å²) in [6.07, 6.45) is 0. The van der Waals surface area contributed by atoms with Crippen molar-refractivity contribution in [2.24, 2.45) is 0 Å². The van der Waals surface area contributed by atoms with E-state index in [9.17, 15) is 13.2 Å². The lowest BCUT2D eigenvalue weighted by atomic mass is 10.2. The fourth-order valence-corrected chi connectivity index (χ4v) is 3.37. The van der Waals surface area contributed by atoms with Gasteiger partial charge in [0.15, 0.2) is 9.84 Å². The van der Waals surface area contributed by atoms with Crippen molar-refractivity contribution < 1.29 is 17.7 Å². The fourth-order valence-electron chi connectivity index (χ4n) is 2.12. The molecule has 0 aliphatic heterocycles. The van der Waals surface area contributed by atoms with E-state index in [1.165, 1.54) is 0 Å². The van der Waals surface area contributed by atoms with Crippen molar-refractivity contribution in [1.29, 1.82) is 0 Å². The second-order valence-electron chi connectivity index (χ2n) is 5.03. The molecule has 0 saturated carbocycles. The molecule has 22 heavy (non-hydrogen) atoms. The number of hydrogen-bond acceptors (Lipinski definition) is 5. The van der Waals surface area contributed by atoms with Crippen LogP contribution in [-0.4, -0.2) is 31.8 Å².